The van der Waals surface area contributed by atoms with E-state index in [1.807, 2.05) is 32.0 Å². The van der Waals surface area contributed by atoms with Gasteiger partial charge in [0.05, 0.1) is 10.5 Å². The van der Waals surface area contributed by atoms with Gasteiger partial charge in [-0.3, -0.25) is 10.1 Å². The van der Waals surface area contributed by atoms with E-state index < -0.39 is 28.6 Å². The largest absolute Gasteiger partial charge is 0.480 e. The molecule has 148 valence electrons. The Kier molecular flexibility index (Phi) is 7.00. The number of nitrogens with zero attached hydrogens (tertiary/aromatic N) is 1. The molecule has 0 radical (unpaired) electrons. The summed E-state index contributed by atoms with van der Waals surface area (Å²) in [6.45, 7) is 3.96. The van der Waals surface area contributed by atoms with Gasteiger partial charge in [0.15, 0.2) is 0 Å². The predicted octanol–water partition coefficient (Wildman–Crippen LogP) is 3.71. The number of hydrogen-bond acceptors (Lipinski definition) is 6. The van der Waals surface area contributed by atoms with Crippen molar-refractivity contribution < 1.29 is 24.7 Å². The standard InChI is InChI=1S/C19H20N2O6S/c1-11-3-4-12(2)14(7-11)9-28-10-16(19(24)25)20-15-6-5-13(18(22)23)8-17(15)21(26)27/h3-8,16,20H,9-10H2,1-2H3,(H,22,23)(H,24,25)/t16-/m1/s1. The van der Waals surface area contributed by atoms with Crippen LogP contribution in [0.25, 0.3) is 0 Å². The summed E-state index contributed by atoms with van der Waals surface area (Å²) in [5.41, 5.74) is 2.57. The Bertz CT molecular complexity index is 915. The highest BCUT2D eigenvalue weighted by molar-refractivity contribution is 7.98. The van der Waals surface area contributed by atoms with E-state index >= 15 is 0 Å². The molecule has 0 heterocycles. The number of nitrogens with one attached hydrogen (secondary N) is 1. The van der Waals surface area contributed by atoms with Crippen molar-refractivity contribution in [2.45, 2.75) is 25.6 Å². The molecule has 0 aliphatic heterocycles. The zero-order valence-corrected chi connectivity index (χ0v) is 16.2. The van der Waals surface area contributed by atoms with E-state index in [4.69, 9.17) is 5.11 Å². The quantitative estimate of drug-likeness (QED) is 0.426. The third-order valence-electron chi connectivity index (χ3n) is 4.12. The van der Waals surface area contributed by atoms with Crippen LogP contribution in [0.15, 0.2) is 36.4 Å². The summed E-state index contributed by atoms with van der Waals surface area (Å²) in [4.78, 5) is 33.1. The highest BCUT2D eigenvalue weighted by Crippen LogP contribution is 2.27. The lowest BCUT2D eigenvalue weighted by Crippen LogP contribution is -2.32. The molecule has 1 atom stereocenters. The Balaban J connectivity index is 2.12. The van der Waals surface area contributed by atoms with Gasteiger partial charge in [0.1, 0.15) is 11.7 Å². The Labute approximate surface area is 165 Å². The van der Waals surface area contributed by atoms with E-state index in [-0.39, 0.29) is 17.0 Å². The van der Waals surface area contributed by atoms with Crippen LogP contribution in [-0.2, 0) is 10.5 Å². The van der Waals surface area contributed by atoms with E-state index in [2.05, 4.69) is 5.32 Å². The van der Waals surface area contributed by atoms with Crippen molar-refractivity contribution in [2.75, 3.05) is 11.1 Å². The molecular weight excluding hydrogens is 384 g/mol. The smallest absolute Gasteiger partial charge is 0.335 e. The van der Waals surface area contributed by atoms with Crippen LogP contribution < -0.4 is 5.32 Å². The second-order valence-electron chi connectivity index (χ2n) is 6.27. The molecule has 8 nitrogen and oxygen atoms in total. The van der Waals surface area contributed by atoms with Gasteiger partial charge in [-0.15, -0.1) is 0 Å². The average Bonchev–Trinajstić information content (AvgIpc) is 2.63. The fraction of sp³-hybridized carbons (Fsp3) is 0.263. The van der Waals surface area contributed by atoms with Crippen molar-refractivity contribution >= 4 is 35.1 Å². The molecule has 0 saturated carbocycles. The third-order valence-corrected chi connectivity index (χ3v) is 5.20. The molecule has 0 saturated heterocycles. The summed E-state index contributed by atoms with van der Waals surface area (Å²) >= 11 is 1.40. The Morgan fingerprint density at radius 3 is 2.50 bits per heavy atom. The van der Waals surface area contributed by atoms with Crippen molar-refractivity contribution in [3.05, 3.63) is 68.8 Å². The number of carboxylic acids is 2. The predicted molar refractivity (Wildman–Crippen MR) is 107 cm³/mol. The zero-order chi connectivity index (χ0) is 20.8. The topological polar surface area (TPSA) is 130 Å². The SMILES string of the molecule is Cc1ccc(C)c(CSC[C@@H](Nc2ccc(C(=O)O)cc2[N+](=O)[O-])C(=O)O)c1. The minimum atomic E-state index is -1.30. The number of aryl methyl sites for hydroxylation is 2. The lowest BCUT2D eigenvalue weighted by Gasteiger charge is -2.16. The van der Waals surface area contributed by atoms with Gasteiger partial charge in [0.25, 0.3) is 5.69 Å². The second-order valence-corrected chi connectivity index (χ2v) is 7.30. The molecule has 2 rings (SSSR count). The molecule has 0 amide bonds. The number of rotatable bonds is 9. The summed E-state index contributed by atoms with van der Waals surface area (Å²) in [7, 11) is 0. The monoisotopic (exact) mass is 404 g/mol. The number of anilines is 1. The molecule has 0 unspecified atom stereocenters. The fourth-order valence-electron chi connectivity index (χ4n) is 2.54. The summed E-state index contributed by atoms with van der Waals surface area (Å²) in [6, 6.07) is 8.31. The number of nitro groups is 1. The number of carbonyl (C=O) groups is 2. The van der Waals surface area contributed by atoms with Crippen LogP contribution in [0.2, 0.25) is 0 Å². The molecule has 28 heavy (non-hydrogen) atoms. The highest BCUT2D eigenvalue weighted by Gasteiger charge is 2.23. The number of benzene rings is 2. The van der Waals surface area contributed by atoms with Gasteiger partial charge < -0.3 is 15.5 Å². The van der Waals surface area contributed by atoms with Crippen LogP contribution in [0.3, 0.4) is 0 Å². The number of nitro benzene ring substituents is 1. The molecule has 0 aliphatic rings. The van der Waals surface area contributed by atoms with Gasteiger partial charge in [-0.25, -0.2) is 9.59 Å². The number of aromatic carboxylic acids is 1. The molecule has 0 spiro atoms. The van der Waals surface area contributed by atoms with E-state index in [9.17, 15) is 24.8 Å². The van der Waals surface area contributed by atoms with Crippen LogP contribution in [0, 0.1) is 24.0 Å². The van der Waals surface area contributed by atoms with Crippen LogP contribution >= 0.6 is 11.8 Å². The zero-order valence-electron chi connectivity index (χ0n) is 15.3. The maximum absolute atomic E-state index is 11.6. The second kappa shape index (κ2) is 9.23. The Hall–Kier alpha value is -3.07. The van der Waals surface area contributed by atoms with Crippen molar-refractivity contribution in [1.29, 1.82) is 0 Å². The number of hydrogen-bond donors (Lipinski definition) is 3. The molecule has 0 aromatic heterocycles. The minimum absolute atomic E-state index is 0.0327. The van der Waals surface area contributed by atoms with E-state index in [1.54, 1.807) is 0 Å². The lowest BCUT2D eigenvalue weighted by atomic mass is 10.1. The molecular formula is C19H20N2O6S. The first-order valence-corrected chi connectivity index (χ1v) is 9.49. The van der Waals surface area contributed by atoms with Crippen molar-refractivity contribution in [3.63, 3.8) is 0 Å². The van der Waals surface area contributed by atoms with Gasteiger partial charge in [-0.1, -0.05) is 23.8 Å². The van der Waals surface area contributed by atoms with Gasteiger partial charge in [-0.05, 0) is 37.1 Å². The van der Waals surface area contributed by atoms with E-state index in [0.29, 0.717) is 5.75 Å². The van der Waals surface area contributed by atoms with Gasteiger partial charge in [0.2, 0.25) is 0 Å². The molecule has 2 aromatic carbocycles. The first-order chi connectivity index (χ1) is 13.2. The van der Waals surface area contributed by atoms with Gasteiger partial charge in [-0.2, -0.15) is 11.8 Å². The Morgan fingerprint density at radius 2 is 1.89 bits per heavy atom. The molecule has 0 bridgehead atoms. The van der Waals surface area contributed by atoms with Crippen molar-refractivity contribution in [2.24, 2.45) is 0 Å². The Morgan fingerprint density at radius 1 is 1.18 bits per heavy atom. The summed E-state index contributed by atoms with van der Waals surface area (Å²) < 4.78 is 0. The molecule has 0 aliphatic carbocycles. The maximum Gasteiger partial charge on any atom is 0.335 e. The molecule has 2 aromatic rings. The summed E-state index contributed by atoms with van der Waals surface area (Å²) in [6.07, 6.45) is 0. The van der Waals surface area contributed by atoms with Crippen molar-refractivity contribution in [3.8, 4) is 0 Å². The first-order valence-electron chi connectivity index (χ1n) is 8.34. The third kappa shape index (κ3) is 5.46. The number of thioether (sulfide) groups is 1. The summed E-state index contributed by atoms with van der Waals surface area (Å²) in [5.74, 6) is -1.65. The molecule has 9 heteroatoms. The van der Waals surface area contributed by atoms with Crippen LogP contribution in [0.1, 0.15) is 27.0 Å². The lowest BCUT2D eigenvalue weighted by molar-refractivity contribution is -0.384. The van der Waals surface area contributed by atoms with Crippen LogP contribution in [0.5, 0.6) is 0 Å². The first kappa shape index (κ1) is 21.2. The highest BCUT2D eigenvalue weighted by atomic mass is 32.2. The van der Waals surface area contributed by atoms with Crippen LogP contribution in [-0.4, -0.2) is 38.9 Å². The van der Waals surface area contributed by atoms with Crippen LogP contribution in [0.4, 0.5) is 11.4 Å². The normalized spacial score (nSPS) is 11.6. The molecule has 0 fully saturated rings. The fourth-order valence-corrected chi connectivity index (χ4v) is 3.65. The average molecular weight is 404 g/mol. The van der Waals surface area contributed by atoms with E-state index in [0.717, 1.165) is 22.8 Å². The van der Waals surface area contributed by atoms with E-state index in [1.165, 1.54) is 23.9 Å². The summed E-state index contributed by atoms with van der Waals surface area (Å²) in [5, 5.41) is 32.3. The number of aliphatic carboxylic acids is 1. The number of carboxylic acid groups (broad SMARTS) is 2. The van der Waals surface area contributed by atoms with Gasteiger partial charge in [0, 0.05) is 17.6 Å². The maximum atomic E-state index is 11.6. The van der Waals surface area contributed by atoms with Crippen molar-refractivity contribution in [1.82, 2.24) is 0 Å². The van der Waals surface area contributed by atoms with Gasteiger partial charge >= 0.3 is 11.9 Å². The minimum Gasteiger partial charge on any atom is -0.480 e. The molecule has 3 N–H and O–H groups in total.